The van der Waals surface area contributed by atoms with Crippen LogP contribution in [0.2, 0.25) is 0 Å². The van der Waals surface area contributed by atoms with Crippen molar-refractivity contribution >= 4 is 5.82 Å². The maximum atomic E-state index is 4.56. The maximum absolute atomic E-state index is 4.56. The number of hydrogen-bond acceptors (Lipinski definition) is 4. The molecule has 3 rings (SSSR count). The average Bonchev–Trinajstić information content (AvgIpc) is 3.21. The highest BCUT2D eigenvalue weighted by molar-refractivity contribution is 5.39. The van der Waals surface area contributed by atoms with Gasteiger partial charge in [0.05, 0.1) is 18.1 Å². The molecular weight excluding hydrogens is 212 g/mol. The van der Waals surface area contributed by atoms with Crippen LogP contribution in [0.1, 0.15) is 31.4 Å². The summed E-state index contributed by atoms with van der Waals surface area (Å²) in [5.74, 6) is 1.98. The Hall–Kier alpha value is -1.16. The fourth-order valence-electron chi connectivity index (χ4n) is 2.16. The summed E-state index contributed by atoms with van der Waals surface area (Å²) in [5.41, 5.74) is 1.01. The van der Waals surface area contributed by atoms with Gasteiger partial charge in [-0.2, -0.15) is 0 Å². The van der Waals surface area contributed by atoms with Gasteiger partial charge in [0.2, 0.25) is 0 Å². The van der Waals surface area contributed by atoms with Crippen LogP contribution in [-0.2, 0) is 6.54 Å². The molecule has 2 aliphatic carbocycles. The first kappa shape index (κ1) is 11.0. The van der Waals surface area contributed by atoms with E-state index >= 15 is 0 Å². The van der Waals surface area contributed by atoms with E-state index in [9.17, 15) is 0 Å². The first-order valence-electron chi connectivity index (χ1n) is 6.59. The Morgan fingerprint density at radius 1 is 1.24 bits per heavy atom. The molecule has 2 aliphatic rings. The van der Waals surface area contributed by atoms with Gasteiger partial charge in [0, 0.05) is 19.1 Å². The fraction of sp³-hybridized carbons (Fsp3) is 0.692. The van der Waals surface area contributed by atoms with Gasteiger partial charge in [-0.1, -0.05) is 0 Å². The van der Waals surface area contributed by atoms with Gasteiger partial charge in [0.1, 0.15) is 5.82 Å². The molecular formula is C13H20N4. The third-order valence-corrected chi connectivity index (χ3v) is 3.48. The number of hydrogen-bond donors (Lipinski definition) is 1. The zero-order valence-electron chi connectivity index (χ0n) is 10.4. The first-order valence-corrected chi connectivity index (χ1v) is 6.59. The predicted molar refractivity (Wildman–Crippen MR) is 67.9 cm³/mol. The molecule has 2 fully saturated rings. The summed E-state index contributed by atoms with van der Waals surface area (Å²) >= 11 is 0. The van der Waals surface area contributed by atoms with Gasteiger partial charge >= 0.3 is 0 Å². The van der Waals surface area contributed by atoms with Gasteiger partial charge in [0.25, 0.3) is 0 Å². The van der Waals surface area contributed by atoms with Crippen LogP contribution in [-0.4, -0.2) is 29.6 Å². The lowest BCUT2D eigenvalue weighted by Crippen LogP contribution is -2.29. The molecule has 92 valence electrons. The molecule has 17 heavy (non-hydrogen) atoms. The minimum Gasteiger partial charge on any atom is -0.352 e. The standard InChI is InChI=1S/C13H20N4/c1-14-6-11-7-16-13(8-15-11)17(12-4-5-12)9-10-2-3-10/h7-8,10,12,14H,2-6,9H2,1H3. The maximum Gasteiger partial charge on any atom is 0.147 e. The third kappa shape index (κ3) is 2.75. The molecule has 0 saturated heterocycles. The van der Waals surface area contributed by atoms with Crippen molar-refractivity contribution in [2.45, 2.75) is 38.3 Å². The summed E-state index contributed by atoms with van der Waals surface area (Å²) in [5, 5.41) is 3.09. The average molecular weight is 232 g/mol. The SMILES string of the molecule is CNCc1cnc(N(CC2CC2)C2CC2)cn1. The molecule has 0 aliphatic heterocycles. The van der Waals surface area contributed by atoms with Crippen molar-refractivity contribution in [2.24, 2.45) is 5.92 Å². The Bertz CT molecular complexity index is 368. The number of nitrogens with zero attached hydrogens (tertiary/aromatic N) is 3. The predicted octanol–water partition coefficient (Wildman–Crippen LogP) is 1.57. The topological polar surface area (TPSA) is 41.1 Å². The fourth-order valence-corrected chi connectivity index (χ4v) is 2.16. The molecule has 4 heteroatoms. The number of nitrogens with one attached hydrogen (secondary N) is 1. The zero-order chi connectivity index (χ0) is 11.7. The van der Waals surface area contributed by atoms with Gasteiger partial charge in [-0.15, -0.1) is 0 Å². The van der Waals surface area contributed by atoms with Crippen LogP contribution < -0.4 is 10.2 Å². The molecule has 1 N–H and O–H groups in total. The second-order valence-electron chi connectivity index (χ2n) is 5.22. The second kappa shape index (κ2) is 4.61. The van der Waals surface area contributed by atoms with Crippen molar-refractivity contribution in [1.82, 2.24) is 15.3 Å². The van der Waals surface area contributed by atoms with E-state index in [-0.39, 0.29) is 0 Å². The Morgan fingerprint density at radius 2 is 2.06 bits per heavy atom. The van der Waals surface area contributed by atoms with Crippen LogP contribution in [0, 0.1) is 5.92 Å². The van der Waals surface area contributed by atoms with Crippen LogP contribution in [0.5, 0.6) is 0 Å². The number of anilines is 1. The molecule has 0 bridgehead atoms. The lowest BCUT2D eigenvalue weighted by atomic mass is 10.3. The molecule has 0 aromatic carbocycles. The van der Waals surface area contributed by atoms with Crippen LogP contribution in [0.3, 0.4) is 0 Å². The smallest absolute Gasteiger partial charge is 0.147 e. The monoisotopic (exact) mass is 232 g/mol. The molecule has 2 saturated carbocycles. The molecule has 0 radical (unpaired) electrons. The summed E-state index contributed by atoms with van der Waals surface area (Å²) < 4.78 is 0. The van der Waals surface area contributed by atoms with E-state index in [0.717, 1.165) is 30.0 Å². The van der Waals surface area contributed by atoms with Crippen molar-refractivity contribution in [2.75, 3.05) is 18.5 Å². The largest absolute Gasteiger partial charge is 0.352 e. The Labute approximate surface area is 102 Å². The van der Waals surface area contributed by atoms with Crippen molar-refractivity contribution in [3.05, 3.63) is 18.1 Å². The van der Waals surface area contributed by atoms with E-state index in [2.05, 4.69) is 20.2 Å². The van der Waals surface area contributed by atoms with Gasteiger partial charge in [-0.3, -0.25) is 4.98 Å². The van der Waals surface area contributed by atoms with Crippen molar-refractivity contribution in [3.8, 4) is 0 Å². The van der Waals surface area contributed by atoms with Crippen LogP contribution in [0.25, 0.3) is 0 Å². The van der Waals surface area contributed by atoms with Crippen molar-refractivity contribution < 1.29 is 0 Å². The summed E-state index contributed by atoms with van der Waals surface area (Å²) in [6.45, 7) is 1.98. The normalized spacial score (nSPS) is 19.4. The van der Waals surface area contributed by atoms with Gasteiger partial charge in [-0.25, -0.2) is 4.98 Å². The molecule has 0 unspecified atom stereocenters. The lowest BCUT2D eigenvalue weighted by Gasteiger charge is -2.23. The lowest BCUT2D eigenvalue weighted by molar-refractivity contribution is 0.702. The summed E-state index contributed by atoms with van der Waals surface area (Å²) in [4.78, 5) is 11.5. The van der Waals surface area contributed by atoms with Gasteiger partial charge in [-0.05, 0) is 38.6 Å². The Balaban J connectivity index is 1.70. The van der Waals surface area contributed by atoms with E-state index in [1.165, 1.54) is 32.2 Å². The highest BCUT2D eigenvalue weighted by Crippen LogP contribution is 2.36. The highest BCUT2D eigenvalue weighted by Gasteiger charge is 2.34. The minimum absolute atomic E-state index is 0.736. The third-order valence-electron chi connectivity index (χ3n) is 3.48. The van der Waals surface area contributed by atoms with Gasteiger partial charge < -0.3 is 10.2 Å². The molecule has 4 nitrogen and oxygen atoms in total. The zero-order valence-corrected chi connectivity index (χ0v) is 10.4. The first-order chi connectivity index (χ1) is 8.36. The van der Waals surface area contributed by atoms with E-state index in [0.29, 0.717) is 0 Å². The molecule has 1 heterocycles. The van der Waals surface area contributed by atoms with Crippen LogP contribution >= 0.6 is 0 Å². The molecule has 0 amide bonds. The quantitative estimate of drug-likeness (QED) is 0.808. The summed E-state index contributed by atoms with van der Waals surface area (Å²) in [6.07, 6.45) is 9.28. The van der Waals surface area contributed by atoms with Crippen molar-refractivity contribution in [1.29, 1.82) is 0 Å². The molecule has 0 spiro atoms. The Kier molecular flexibility index (Phi) is 2.97. The molecule has 0 atom stereocenters. The minimum atomic E-state index is 0.736. The summed E-state index contributed by atoms with van der Waals surface area (Å²) in [6, 6.07) is 0.736. The van der Waals surface area contributed by atoms with E-state index in [1.54, 1.807) is 0 Å². The number of rotatable bonds is 6. The van der Waals surface area contributed by atoms with Crippen molar-refractivity contribution in [3.63, 3.8) is 0 Å². The van der Waals surface area contributed by atoms with Crippen LogP contribution in [0.4, 0.5) is 5.82 Å². The van der Waals surface area contributed by atoms with Crippen LogP contribution in [0.15, 0.2) is 12.4 Å². The molecule has 1 aromatic rings. The Morgan fingerprint density at radius 3 is 2.59 bits per heavy atom. The summed E-state index contributed by atoms with van der Waals surface area (Å²) in [7, 11) is 1.93. The molecule has 1 aromatic heterocycles. The van der Waals surface area contributed by atoms with Gasteiger partial charge in [0.15, 0.2) is 0 Å². The van der Waals surface area contributed by atoms with E-state index in [1.807, 2.05) is 19.4 Å². The van der Waals surface area contributed by atoms with E-state index in [4.69, 9.17) is 0 Å². The van der Waals surface area contributed by atoms with E-state index < -0.39 is 0 Å². The second-order valence-corrected chi connectivity index (χ2v) is 5.22. The number of aromatic nitrogens is 2. The highest BCUT2D eigenvalue weighted by atomic mass is 15.2.